The molecule has 0 aliphatic heterocycles. The van der Waals surface area contributed by atoms with Crippen molar-refractivity contribution < 1.29 is 44.5 Å². The molecule has 0 aliphatic carbocycles. The number of carbonyl (C=O) groups is 3. The summed E-state index contributed by atoms with van der Waals surface area (Å²) in [6, 6.07) is 0. The van der Waals surface area contributed by atoms with Crippen LogP contribution in [0.15, 0.2) is 0 Å². The van der Waals surface area contributed by atoms with Gasteiger partial charge in [0, 0.05) is 0 Å². The summed E-state index contributed by atoms with van der Waals surface area (Å²) < 4.78 is 0. The highest BCUT2D eigenvalue weighted by Crippen LogP contribution is 1.56. The lowest BCUT2D eigenvalue weighted by molar-refractivity contribution is 0.0910. The molecule has 0 spiro atoms. The molecule has 0 amide bonds. The number of carboxylic acid groups (broad SMARTS) is 4. The fourth-order valence-corrected chi connectivity index (χ4v) is 0. The minimum absolute atomic E-state index is 1.47. The van der Waals surface area contributed by atoms with E-state index in [9.17, 15) is 0 Å². The first-order chi connectivity index (χ1) is 6.27. The third kappa shape index (κ3) is 248. The van der Waals surface area contributed by atoms with Crippen LogP contribution in [0, 0.1) is 0 Å². The molecule has 0 atom stereocenters. The summed E-state index contributed by atoms with van der Waals surface area (Å²) in [5.74, 6) is 8.14. The van der Waals surface area contributed by atoms with Crippen LogP contribution in [0.4, 0.5) is 14.4 Å². The molecule has 0 aromatic carbocycles. The van der Waals surface area contributed by atoms with Crippen molar-refractivity contribution in [3.05, 3.63) is 0 Å². The van der Waals surface area contributed by atoms with Gasteiger partial charge in [-0.1, -0.05) is 0 Å². The van der Waals surface area contributed by atoms with Crippen LogP contribution in [-0.4, -0.2) is 38.9 Å². The second-order valence-corrected chi connectivity index (χ2v) is 1.05. The van der Waals surface area contributed by atoms with Gasteiger partial charge in [-0.2, -0.15) is 11.8 Å². The summed E-state index contributed by atoms with van der Waals surface area (Å²) in [5, 5.41) is 28.7. The van der Waals surface area contributed by atoms with Crippen molar-refractivity contribution in [2.75, 3.05) is 0 Å². The molecule has 0 aromatic heterocycles. The molecule has 0 bridgehead atoms. The Morgan fingerprint density at radius 3 is 0.857 bits per heavy atom. The Hall–Kier alpha value is -2.27. The molecular formula is C3H8N2O9. The number of hydrogen-bond donors (Lipinski definition) is 6. The van der Waals surface area contributed by atoms with Crippen LogP contribution < -0.4 is 11.8 Å². The van der Waals surface area contributed by atoms with E-state index in [4.69, 9.17) is 34.8 Å². The maximum atomic E-state index is 9.02. The van der Waals surface area contributed by atoms with E-state index in [1.165, 1.54) is 0 Å². The number of nitrogens with two attached hydrogens (primary N) is 2. The second-order valence-electron chi connectivity index (χ2n) is 1.05. The standard InChI is InChI=1S/2CH3NO3.CH2O3/c2*2-5-1(3)4;2-1(3)4/h2*2H2,(H,3,4);(H2,2,3,4). The van der Waals surface area contributed by atoms with Gasteiger partial charge >= 0.3 is 18.5 Å². The summed E-state index contributed by atoms with van der Waals surface area (Å²) in [6.45, 7) is 0. The Kier molecular flexibility index (Phi) is 16.9. The average molecular weight is 216 g/mol. The molecule has 0 aliphatic rings. The van der Waals surface area contributed by atoms with Crippen molar-refractivity contribution in [3.8, 4) is 0 Å². The first-order valence-corrected chi connectivity index (χ1v) is 2.39. The van der Waals surface area contributed by atoms with Crippen molar-refractivity contribution in [3.63, 3.8) is 0 Å². The van der Waals surface area contributed by atoms with Gasteiger partial charge in [0.1, 0.15) is 0 Å². The Balaban J connectivity index is -0.000000131. The molecule has 0 saturated carbocycles. The summed E-state index contributed by atoms with van der Waals surface area (Å²) in [6.07, 6.45) is -4.77. The Bertz CT molecular complexity index is 161. The van der Waals surface area contributed by atoms with Crippen LogP contribution in [-0.2, 0) is 9.68 Å². The smallest absolute Gasteiger partial charge is 0.450 e. The largest absolute Gasteiger partial charge is 0.524 e. The van der Waals surface area contributed by atoms with E-state index in [2.05, 4.69) is 21.5 Å². The molecule has 11 nitrogen and oxygen atoms in total. The van der Waals surface area contributed by atoms with Crippen LogP contribution >= 0.6 is 0 Å². The van der Waals surface area contributed by atoms with E-state index in [0.717, 1.165) is 0 Å². The fraction of sp³-hybridized carbons (Fsp3) is 0. The van der Waals surface area contributed by atoms with E-state index >= 15 is 0 Å². The van der Waals surface area contributed by atoms with Gasteiger partial charge in [-0.15, -0.1) is 0 Å². The van der Waals surface area contributed by atoms with Gasteiger partial charge in [-0.05, 0) is 0 Å². The zero-order valence-corrected chi connectivity index (χ0v) is 6.48. The molecule has 11 heteroatoms. The van der Waals surface area contributed by atoms with Crippen molar-refractivity contribution >= 4 is 18.5 Å². The summed E-state index contributed by atoms with van der Waals surface area (Å²) in [5.41, 5.74) is 0. The van der Waals surface area contributed by atoms with Gasteiger partial charge in [0.05, 0.1) is 0 Å². The van der Waals surface area contributed by atoms with E-state index in [-0.39, 0.29) is 0 Å². The predicted octanol–water partition coefficient (Wildman–Crippen LogP) is -0.668. The highest BCUT2D eigenvalue weighted by atomic mass is 16.7. The molecule has 8 N–H and O–H groups in total. The number of rotatable bonds is 0. The Morgan fingerprint density at radius 2 is 0.857 bits per heavy atom. The van der Waals surface area contributed by atoms with Gasteiger partial charge in [0.2, 0.25) is 0 Å². The SMILES string of the molecule is NOC(=O)O.NOC(=O)O.O=C(O)O. The molecule has 84 valence electrons. The lowest BCUT2D eigenvalue weighted by Crippen LogP contribution is -2.04. The lowest BCUT2D eigenvalue weighted by Gasteiger charge is -1.77. The van der Waals surface area contributed by atoms with Crippen molar-refractivity contribution in [1.29, 1.82) is 0 Å². The molecule has 0 unspecified atom stereocenters. The quantitative estimate of drug-likeness (QED) is 0.280. The van der Waals surface area contributed by atoms with Crippen molar-refractivity contribution in [1.82, 2.24) is 0 Å². The zero-order chi connectivity index (χ0) is 12.1. The van der Waals surface area contributed by atoms with Crippen molar-refractivity contribution in [2.45, 2.75) is 0 Å². The highest BCUT2D eigenvalue weighted by molar-refractivity contribution is 5.56. The zero-order valence-electron chi connectivity index (χ0n) is 6.48. The van der Waals surface area contributed by atoms with E-state index in [1.54, 1.807) is 0 Å². The maximum absolute atomic E-state index is 9.02. The van der Waals surface area contributed by atoms with Gasteiger partial charge in [0.15, 0.2) is 0 Å². The highest BCUT2D eigenvalue weighted by Gasteiger charge is 1.82. The maximum Gasteiger partial charge on any atom is 0.524 e. The van der Waals surface area contributed by atoms with E-state index < -0.39 is 18.5 Å². The second kappa shape index (κ2) is 13.3. The van der Waals surface area contributed by atoms with Crippen LogP contribution in [0.25, 0.3) is 0 Å². The Morgan fingerprint density at radius 1 is 0.786 bits per heavy atom. The molecule has 14 heavy (non-hydrogen) atoms. The summed E-state index contributed by atoms with van der Waals surface area (Å²) >= 11 is 0. The van der Waals surface area contributed by atoms with Crippen LogP contribution in [0.2, 0.25) is 0 Å². The van der Waals surface area contributed by atoms with Gasteiger partial charge in [0.25, 0.3) is 0 Å². The fourth-order valence-electron chi connectivity index (χ4n) is 0. The summed E-state index contributed by atoms with van der Waals surface area (Å²) in [4.78, 5) is 32.9. The number of hydrogen-bond acceptors (Lipinski definition) is 7. The van der Waals surface area contributed by atoms with Crippen LogP contribution in [0.3, 0.4) is 0 Å². The molecule has 0 aromatic rings. The topological polar surface area (TPSA) is 203 Å². The third-order valence-corrected chi connectivity index (χ3v) is 0.202. The lowest BCUT2D eigenvalue weighted by atomic mass is 11.4. The van der Waals surface area contributed by atoms with Gasteiger partial charge < -0.3 is 30.1 Å². The minimum Gasteiger partial charge on any atom is -0.450 e. The monoisotopic (exact) mass is 216 g/mol. The molecule has 0 heterocycles. The molecule has 0 rings (SSSR count). The molecular weight excluding hydrogens is 208 g/mol. The average Bonchev–Trinajstić information content (AvgIpc) is 2.04. The summed E-state index contributed by atoms with van der Waals surface area (Å²) in [7, 11) is 0. The van der Waals surface area contributed by atoms with Gasteiger partial charge in [-0.3, -0.25) is 0 Å². The van der Waals surface area contributed by atoms with Crippen LogP contribution in [0.1, 0.15) is 0 Å². The molecule has 0 fully saturated rings. The minimum atomic E-state index is -1.83. The first kappa shape index (κ1) is 17.7. The first-order valence-electron chi connectivity index (χ1n) is 2.39. The van der Waals surface area contributed by atoms with E-state index in [1.807, 2.05) is 0 Å². The Labute approximate surface area is 76.0 Å². The molecule has 0 saturated heterocycles. The molecule has 0 radical (unpaired) electrons. The van der Waals surface area contributed by atoms with Gasteiger partial charge in [-0.25, -0.2) is 14.4 Å². The third-order valence-electron chi connectivity index (χ3n) is 0.202. The van der Waals surface area contributed by atoms with E-state index in [0.29, 0.717) is 0 Å². The normalized spacial score (nSPS) is 6.43. The van der Waals surface area contributed by atoms with Crippen molar-refractivity contribution in [2.24, 2.45) is 11.8 Å². The van der Waals surface area contributed by atoms with Crippen LogP contribution in [0.5, 0.6) is 0 Å². The predicted molar refractivity (Wildman–Crippen MR) is 37.2 cm³/mol.